The number of amidine groups is 1. The Hall–Kier alpha value is -2.59. The van der Waals surface area contributed by atoms with Crippen molar-refractivity contribution < 1.29 is 13.6 Å². The summed E-state index contributed by atoms with van der Waals surface area (Å²) in [6.07, 6.45) is 1.68. The Morgan fingerprint density at radius 2 is 2.27 bits per heavy atom. The Labute approximate surface area is 130 Å². The number of furan rings is 1. The van der Waals surface area contributed by atoms with Crippen molar-refractivity contribution in [2.75, 3.05) is 12.3 Å². The predicted octanol–water partition coefficient (Wildman–Crippen LogP) is 3.11. The summed E-state index contributed by atoms with van der Waals surface area (Å²) in [4.78, 5) is 17.4. The first-order valence-corrected chi connectivity index (χ1v) is 7.45. The molecule has 0 atom stereocenters. The lowest BCUT2D eigenvalue weighted by Gasteiger charge is -2.12. The van der Waals surface area contributed by atoms with Gasteiger partial charge >= 0.3 is 0 Å². The summed E-state index contributed by atoms with van der Waals surface area (Å²) in [7, 11) is 0. The number of carbonyl (C=O) groups excluding carboxylic acids is 1. The number of carbonyl (C=O) groups is 1. The van der Waals surface area contributed by atoms with Crippen molar-refractivity contribution >= 4 is 22.8 Å². The van der Waals surface area contributed by atoms with Gasteiger partial charge in [0.2, 0.25) is 6.19 Å². The molecule has 1 aromatic carbocycles. The van der Waals surface area contributed by atoms with Crippen LogP contribution < -0.4 is 0 Å². The minimum Gasteiger partial charge on any atom is -0.451 e. The van der Waals surface area contributed by atoms with Crippen molar-refractivity contribution in [3.05, 3.63) is 48.0 Å². The number of aliphatic imine (C=N–C) groups is 1. The Morgan fingerprint density at radius 1 is 1.41 bits per heavy atom. The van der Waals surface area contributed by atoms with Crippen molar-refractivity contribution in [2.45, 2.75) is 0 Å². The van der Waals surface area contributed by atoms with Gasteiger partial charge in [-0.3, -0.25) is 9.69 Å². The van der Waals surface area contributed by atoms with Crippen LogP contribution in [-0.4, -0.2) is 28.3 Å². The Kier molecular flexibility index (Phi) is 3.94. The van der Waals surface area contributed by atoms with Crippen molar-refractivity contribution in [2.24, 2.45) is 4.99 Å². The Balaban J connectivity index is 1.86. The summed E-state index contributed by atoms with van der Waals surface area (Å²) < 4.78 is 18.8. The van der Waals surface area contributed by atoms with Crippen LogP contribution >= 0.6 is 11.8 Å². The molecule has 0 radical (unpaired) electrons. The van der Waals surface area contributed by atoms with Crippen LogP contribution in [0.25, 0.3) is 11.3 Å². The maximum absolute atomic E-state index is 13.2. The lowest BCUT2D eigenvalue weighted by molar-refractivity contribution is 0.0830. The first kappa shape index (κ1) is 14.4. The van der Waals surface area contributed by atoms with E-state index in [0.29, 0.717) is 28.8 Å². The summed E-state index contributed by atoms with van der Waals surface area (Å²) in [6, 6.07) is 9.10. The number of thioether (sulfide) groups is 1. The van der Waals surface area contributed by atoms with E-state index in [4.69, 9.17) is 9.68 Å². The molecular formula is C15H10FN3O2S. The molecule has 7 heteroatoms. The molecule has 3 rings (SSSR count). The fraction of sp³-hybridized carbons (Fsp3) is 0.133. The molecule has 1 aliphatic rings. The van der Waals surface area contributed by atoms with Crippen LogP contribution in [0.15, 0.2) is 45.8 Å². The van der Waals surface area contributed by atoms with Crippen LogP contribution in [0, 0.1) is 17.3 Å². The molecule has 110 valence electrons. The van der Waals surface area contributed by atoms with Crippen LogP contribution in [0.1, 0.15) is 10.6 Å². The fourth-order valence-electron chi connectivity index (χ4n) is 2.11. The van der Waals surface area contributed by atoms with Gasteiger partial charge in [0.15, 0.2) is 10.9 Å². The highest BCUT2D eigenvalue weighted by Gasteiger charge is 2.28. The van der Waals surface area contributed by atoms with Gasteiger partial charge in [-0.25, -0.2) is 4.39 Å². The lowest BCUT2D eigenvalue weighted by Crippen LogP contribution is -2.31. The van der Waals surface area contributed by atoms with E-state index in [1.54, 1.807) is 24.4 Å². The zero-order valence-electron chi connectivity index (χ0n) is 11.3. The summed E-state index contributed by atoms with van der Waals surface area (Å²) in [5, 5.41) is 9.00. The molecule has 1 fully saturated rings. The highest BCUT2D eigenvalue weighted by molar-refractivity contribution is 8.14. The summed E-state index contributed by atoms with van der Waals surface area (Å²) in [6.45, 7) is 0.472. The molecule has 1 aliphatic heterocycles. The summed E-state index contributed by atoms with van der Waals surface area (Å²) in [5.74, 6) is 0.493. The van der Waals surface area contributed by atoms with Gasteiger partial charge in [0.25, 0.3) is 5.91 Å². The van der Waals surface area contributed by atoms with E-state index in [1.165, 1.54) is 34.9 Å². The van der Waals surface area contributed by atoms with Gasteiger partial charge in [0.05, 0.1) is 0 Å². The summed E-state index contributed by atoms with van der Waals surface area (Å²) >= 11 is 1.34. The second-order valence-corrected chi connectivity index (χ2v) is 5.54. The monoisotopic (exact) mass is 315 g/mol. The van der Waals surface area contributed by atoms with E-state index < -0.39 is 0 Å². The highest BCUT2D eigenvalue weighted by Crippen LogP contribution is 2.26. The molecule has 2 aromatic rings. The lowest BCUT2D eigenvalue weighted by atomic mass is 10.2. The van der Waals surface area contributed by atoms with Gasteiger partial charge in [-0.15, -0.1) is 4.99 Å². The zero-order chi connectivity index (χ0) is 15.5. The molecule has 0 unspecified atom stereocenters. The number of halogens is 1. The standard InChI is InChI=1S/C15H10FN3O2S/c16-11-3-1-2-10(8-11)12-4-5-13(21-12)14(20)19-6-7-22-15(19)18-9-17/h1-5,8H,6-7H2. The Bertz CT molecular complexity index is 794. The molecule has 0 N–H and O–H groups in total. The van der Waals surface area contributed by atoms with Crippen molar-refractivity contribution in [1.29, 1.82) is 5.26 Å². The minimum absolute atomic E-state index is 0.132. The number of hydrogen-bond acceptors (Lipinski definition) is 5. The van der Waals surface area contributed by atoms with Crippen LogP contribution in [-0.2, 0) is 0 Å². The highest BCUT2D eigenvalue weighted by atomic mass is 32.2. The third kappa shape index (κ3) is 2.73. The molecule has 2 heterocycles. The van der Waals surface area contributed by atoms with Crippen molar-refractivity contribution in [3.63, 3.8) is 0 Å². The van der Waals surface area contributed by atoms with E-state index in [1.807, 2.05) is 0 Å². The molecule has 0 spiro atoms. The zero-order valence-corrected chi connectivity index (χ0v) is 12.1. The number of benzene rings is 1. The normalized spacial score (nSPS) is 16.0. The third-order valence-corrected chi connectivity index (χ3v) is 4.05. The molecule has 22 heavy (non-hydrogen) atoms. The number of nitrogens with zero attached hydrogens (tertiary/aromatic N) is 3. The van der Waals surface area contributed by atoms with Gasteiger partial charge in [-0.2, -0.15) is 5.26 Å². The number of rotatable bonds is 2. The number of amides is 1. The van der Waals surface area contributed by atoms with Gasteiger partial charge in [0, 0.05) is 17.9 Å². The quantitative estimate of drug-likeness (QED) is 0.798. The second-order valence-electron chi connectivity index (χ2n) is 4.47. The topological polar surface area (TPSA) is 69.6 Å². The second kappa shape index (κ2) is 6.03. The molecule has 0 aliphatic carbocycles. The first-order valence-electron chi connectivity index (χ1n) is 6.46. The van der Waals surface area contributed by atoms with Gasteiger partial charge in [-0.1, -0.05) is 23.9 Å². The minimum atomic E-state index is -0.374. The maximum Gasteiger partial charge on any atom is 0.295 e. The molecule has 1 saturated heterocycles. The van der Waals surface area contributed by atoms with Crippen molar-refractivity contribution in [3.8, 4) is 17.5 Å². The molecule has 0 saturated carbocycles. The third-order valence-electron chi connectivity index (χ3n) is 3.09. The van der Waals surface area contributed by atoms with E-state index in [-0.39, 0.29) is 17.5 Å². The molecular weight excluding hydrogens is 305 g/mol. The number of hydrogen-bond donors (Lipinski definition) is 0. The van der Waals surface area contributed by atoms with E-state index >= 15 is 0 Å². The molecule has 1 aromatic heterocycles. The maximum atomic E-state index is 13.2. The van der Waals surface area contributed by atoms with Crippen LogP contribution in [0.4, 0.5) is 4.39 Å². The van der Waals surface area contributed by atoms with Gasteiger partial charge < -0.3 is 4.42 Å². The van der Waals surface area contributed by atoms with Gasteiger partial charge in [0.1, 0.15) is 11.6 Å². The molecule has 5 nitrogen and oxygen atoms in total. The van der Waals surface area contributed by atoms with Crippen LogP contribution in [0.3, 0.4) is 0 Å². The van der Waals surface area contributed by atoms with Crippen LogP contribution in [0.2, 0.25) is 0 Å². The SMILES string of the molecule is N#CN=C1SCCN1C(=O)c1ccc(-c2cccc(F)c2)o1. The molecule has 1 amide bonds. The average molecular weight is 315 g/mol. The fourth-order valence-corrected chi connectivity index (χ4v) is 3.00. The largest absolute Gasteiger partial charge is 0.451 e. The van der Waals surface area contributed by atoms with E-state index in [0.717, 1.165) is 0 Å². The van der Waals surface area contributed by atoms with E-state index in [2.05, 4.69) is 4.99 Å². The Morgan fingerprint density at radius 3 is 3.05 bits per heavy atom. The summed E-state index contributed by atoms with van der Waals surface area (Å²) in [5.41, 5.74) is 0.556. The average Bonchev–Trinajstić information content (AvgIpc) is 3.16. The first-order chi connectivity index (χ1) is 10.7. The van der Waals surface area contributed by atoms with E-state index in [9.17, 15) is 9.18 Å². The number of nitriles is 1. The smallest absolute Gasteiger partial charge is 0.295 e. The van der Waals surface area contributed by atoms with Crippen LogP contribution in [0.5, 0.6) is 0 Å². The predicted molar refractivity (Wildman–Crippen MR) is 80.6 cm³/mol. The van der Waals surface area contributed by atoms with Gasteiger partial charge in [-0.05, 0) is 24.3 Å². The van der Waals surface area contributed by atoms with Crippen molar-refractivity contribution in [1.82, 2.24) is 4.90 Å². The molecule has 0 bridgehead atoms.